The highest BCUT2D eigenvalue weighted by atomic mass is 32.2. The Labute approximate surface area is 202 Å². The van der Waals surface area contributed by atoms with E-state index in [1.807, 2.05) is 40.7 Å². The average molecular weight is 484 g/mol. The zero-order valence-corrected chi connectivity index (χ0v) is 21.5. The molecule has 1 amide bonds. The van der Waals surface area contributed by atoms with Gasteiger partial charge in [-0.15, -0.1) is 0 Å². The number of carbonyl (C=O) groups is 1. The summed E-state index contributed by atoms with van der Waals surface area (Å²) in [5, 5.41) is 16.8. The predicted octanol–water partition coefficient (Wildman–Crippen LogP) is 4.40. The summed E-state index contributed by atoms with van der Waals surface area (Å²) in [7, 11) is -2.34. The molecule has 182 valence electrons. The third-order valence-corrected chi connectivity index (χ3v) is 7.74. The SMILES string of the molecule is Cc1ccc(S(=O)(=O)Nc2c(C3=CCC(C#N)CC3)nn(C)c2C(=O)N[C@@H](C)C(C)(C)C)cc1. The van der Waals surface area contributed by atoms with Gasteiger partial charge in [0.1, 0.15) is 11.4 Å². The van der Waals surface area contributed by atoms with Gasteiger partial charge in [-0.05, 0) is 56.2 Å². The van der Waals surface area contributed by atoms with Crippen molar-refractivity contribution in [3.63, 3.8) is 0 Å². The molecule has 3 rings (SSSR count). The van der Waals surface area contributed by atoms with Gasteiger partial charge in [0.05, 0.1) is 16.9 Å². The molecular weight excluding hydrogens is 450 g/mol. The summed E-state index contributed by atoms with van der Waals surface area (Å²) >= 11 is 0. The second-order valence-corrected chi connectivity index (χ2v) is 11.7. The number of carbonyl (C=O) groups excluding carboxylic acids is 1. The van der Waals surface area contributed by atoms with E-state index >= 15 is 0 Å². The van der Waals surface area contributed by atoms with Gasteiger partial charge in [-0.2, -0.15) is 10.4 Å². The number of sulfonamides is 1. The van der Waals surface area contributed by atoms with Crippen LogP contribution in [0, 0.1) is 29.6 Å². The van der Waals surface area contributed by atoms with Gasteiger partial charge in [-0.3, -0.25) is 14.2 Å². The molecule has 0 spiro atoms. The molecular formula is C25H33N5O3S. The lowest BCUT2D eigenvalue weighted by atomic mass is 9.88. The Morgan fingerprint density at radius 1 is 1.26 bits per heavy atom. The van der Waals surface area contributed by atoms with Crippen LogP contribution in [0.15, 0.2) is 35.2 Å². The fraction of sp³-hybridized carbons (Fsp3) is 0.480. The number of hydrogen-bond acceptors (Lipinski definition) is 5. The van der Waals surface area contributed by atoms with Crippen LogP contribution in [0.3, 0.4) is 0 Å². The molecule has 2 atom stereocenters. The Hall–Kier alpha value is -3.12. The smallest absolute Gasteiger partial charge is 0.271 e. The van der Waals surface area contributed by atoms with Crippen molar-refractivity contribution >= 4 is 27.2 Å². The van der Waals surface area contributed by atoms with Crippen molar-refractivity contribution in [1.82, 2.24) is 15.1 Å². The molecule has 1 aliphatic rings. The minimum Gasteiger partial charge on any atom is -0.348 e. The van der Waals surface area contributed by atoms with Crippen LogP contribution in [0.5, 0.6) is 0 Å². The second kappa shape index (κ2) is 9.63. The van der Waals surface area contributed by atoms with Crippen LogP contribution in [0.2, 0.25) is 0 Å². The minimum atomic E-state index is -3.97. The largest absolute Gasteiger partial charge is 0.348 e. The molecule has 9 heteroatoms. The van der Waals surface area contributed by atoms with Crippen LogP contribution < -0.4 is 10.0 Å². The van der Waals surface area contributed by atoms with E-state index in [1.165, 1.54) is 16.8 Å². The summed E-state index contributed by atoms with van der Waals surface area (Å²) in [6, 6.07) is 8.64. The molecule has 1 unspecified atom stereocenters. The third-order valence-electron chi connectivity index (χ3n) is 6.37. The van der Waals surface area contributed by atoms with Gasteiger partial charge >= 0.3 is 0 Å². The minimum absolute atomic E-state index is 0.0735. The zero-order chi connectivity index (χ0) is 25.3. The molecule has 34 heavy (non-hydrogen) atoms. The molecule has 1 heterocycles. The first-order valence-corrected chi connectivity index (χ1v) is 12.9. The molecule has 0 fully saturated rings. The molecule has 2 aromatic rings. The number of nitrogens with zero attached hydrogens (tertiary/aromatic N) is 3. The zero-order valence-electron chi connectivity index (χ0n) is 20.6. The summed E-state index contributed by atoms with van der Waals surface area (Å²) in [4.78, 5) is 13.4. The fourth-order valence-electron chi connectivity index (χ4n) is 3.66. The number of hydrogen-bond donors (Lipinski definition) is 2. The molecule has 1 aliphatic carbocycles. The van der Waals surface area contributed by atoms with Crippen molar-refractivity contribution in [2.45, 2.75) is 64.8 Å². The Kier molecular flexibility index (Phi) is 7.22. The van der Waals surface area contributed by atoms with E-state index in [9.17, 15) is 18.5 Å². The quantitative estimate of drug-likeness (QED) is 0.631. The highest BCUT2D eigenvalue weighted by Gasteiger charge is 2.31. The van der Waals surface area contributed by atoms with Crippen LogP contribution in [-0.4, -0.2) is 30.1 Å². The third kappa shape index (κ3) is 5.50. The Morgan fingerprint density at radius 2 is 1.91 bits per heavy atom. The summed E-state index contributed by atoms with van der Waals surface area (Å²) in [6.45, 7) is 9.85. The van der Waals surface area contributed by atoms with E-state index in [-0.39, 0.29) is 33.7 Å². The maximum absolute atomic E-state index is 13.3. The van der Waals surface area contributed by atoms with E-state index in [1.54, 1.807) is 19.2 Å². The first kappa shape index (κ1) is 25.5. The predicted molar refractivity (Wildman–Crippen MR) is 133 cm³/mol. The summed E-state index contributed by atoms with van der Waals surface area (Å²) < 4.78 is 30.6. The van der Waals surface area contributed by atoms with Crippen molar-refractivity contribution in [3.8, 4) is 6.07 Å². The normalized spacial score (nSPS) is 17.4. The number of benzene rings is 1. The van der Waals surface area contributed by atoms with Crippen LogP contribution in [-0.2, 0) is 17.1 Å². The topological polar surface area (TPSA) is 117 Å². The lowest BCUT2D eigenvalue weighted by Crippen LogP contribution is -2.42. The van der Waals surface area contributed by atoms with Crippen molar-refractivity contribution < 1.29 is 13.2 Å². The number of allylic oxidation sites excluding steroid dienone is 2. The van der Waals surface area contributed by atoms with Crippen LogP contribution in [0.25, 0.3) is 5.57 Å². The van der Waals surface area contributed by atoms with Crippen LogP contribution in [0.4, 0.5) is 5.69 Å². The van der Waals surface area contributed by atoms with Crippen LogP contribution in [0.1, 0.15) is 68.7 Å². The molecule has 1 aromatic carbocycles. The summed E-state index contributed by atoms with van der Waals surface area (Å²) in [5.41, 5.74) is 2.30. The monoisotopic (exact) mass is 483 g/mol. The molecule has 0 radical (unpaired) electrons. The van der Waals surface area contributed by atoms with Gasteiger partial charge in [0.25, 0.3) is 15.9 Å². The number of rotatable bonds is 6. The van der Waals surface area contributed by atoms with E-state index in [0.29, 0.717) is 25.0 Å². The number of anilines is 1. The van der Waals surface area contributed by atoms with E-state index < -0.39 is 15.9 Å². The van der Waals surface area contributed by atoms with Gasteiger partial charge in [0, 0.05) is 13.1 Å². The highest BCUT2D eigenvalue weighted by molar-refractivity contribution is 7.92. The van der Waals surface area contributed by atoms with Crippen molar-refractivity contribution in [2.24, 2.45) is 18.4 Å². The number of nitriles is 1. The lowest BCUT2D eigenvalue weighted by Gasteiger charge is -2.28. The number of aryl methyl sites for hydroxylation is 2. The number of amides is 1. The number of nitrogens with one attached hydrogen (secondary N) is 2. The first-order valence-electron chi connectivity index (χ1n) is 11.4. The maximum Gasteiger partial charge on any atom is 0.271 e. The van der Waals surface area contributed by atoms with Gasteiger partial charge < -0.3 is 5.32 Å². The van der Waals surface area contributed by atoms with E-state index in [4.69, 9.17) is 0 Å². The Bertz CT molecular complexity index is 1250. The van der Waals surface area contributed by atoms with Gasteiger partial charge in [0.2, 0.25) is 0 Å². The molecule has 0 saturated heterocycles. The molecule has 0 saturated carbocycles. The van der Waals surface area contributed by atoms with Gasteiger partial charge in [0.15, 0.2) is 5.69 Å². The first-order chi connectivity index (χ1) is 15.8. The standard InChI is InChI=1S/C25H33N5O3S/c1-16-7-13-20(14-8-16)34(32,33)29-22-21(19-11-9-18(15-26)10-12-19)28-30(6)23(22)24(31)27-17(2)25(3,4)5/h7-8,11,13-14,17-18,29H,9-10,12H2,1-6H3,(H,27,31)/t17-,18?/m0/s1. The molecule has 0 aliphatic heterocycles. The van der Waals surface area contributed by atoms with Crippen molar-refractivity contribution in [1.29, 1.82) is 5.26 Å². The fourth-order valence-corrected chi connectivity index (χ4v) is 4.74. The molecule has 1 aromatic heterocycles. The maximum atomic E-state index is 13.3. The van der Waals surface area contributed by atoms with Crippen molar-refractivity contribution in [3.05, 3.63) is 47.3 Å². The Balaban J connectivity index is 2.08. The highest BCUT2D eigenvalue weighted by Crippen LogP contribution is 2.36. The summed E-state index contributed by atoms with van der Waals surface area (Å²) in [5.74, 6) is -0.479. The average Bonchev–Trinajstić information content (AvgIpc) is 3.08. The molecule has 0 bridgehead atoms. The van der Waals surface area contributed by atoms with Gasteiger partial charge in [-0.25, -0.2) is 8.42 Å². The van der Waals surface area contributed by atoms with E-state index in [0.717, 1.165) is 11.1 Å². The second-order valence-electron chi connectivity index (χ2n) is 10.0. The van der Waals surface area contributed by atoms with Crippen molar-refractivity contribution in [2.75, 3.05) is 4.72 Å². The molecule has 2 N–H and O–H groups in total. The van der Waals surface area contributed by atoms with Gasteiger partial charge in [-0.1, -0.05) is 44.5 Å². The number of aromatic nitrogens is 2. The summed E-state index contributed by atoms with van der Waals surface area (Å²) in [6.07, 6.45) is 3.72. The Morgan fingerprint density at radius 3 is 2.44 bits per heavy atom. The van der Waals surface area contributed by atoms with E-state index in [2.05, 4.69) is 21.2 Å². The lowest BCUT2D eigenvalue weighted by molar-refractivity contribution is 0.0901. The molecule has 8 nitrogen and oxygen atoms in total. The van der Waals surface area contributed by atoms with Crippen LogP contribution >= 0.6 is 0 Å².